The van der Waals surface area contributed by atoms with Crippen LogP contribution in [0.15, 0.2) is 0 Å². The first-order valence-electron chi connectivity index (χ1n) is 13.8. The van der Waals surface area contributed by atoms with E-state index in [9.17, 15) is 0 Å². The van der Waals surface area contributed by atoms with Gasteiger partial charge < -0.3 is 0 Å². The van der Waals surface area contributed by atoms with Gasteiger partial charge in [-0.05, 0) is 5.92 Å². The highest BCUT2D eigenvalue weighted by Crippen LogP contribution is 2.20. The Morgan fingerprint density at radius 2 is 0.643 bits per heavy atom. The Kier molecular flexibility index (Phi) is 25.0. The highest BCUT2D eigenvalue weighted by molar-refractivity contribution is 4.57. The average Bonchev–Trinajstić information content (AvgIpc) is 2.71. The standard InChI is InChI=1S/C28H58/c1-4-7-8-9-10-11-12-13-14-15-16-17-18-19-20-21-22-23-24-25-27-28(6-3)26-5-2/h28H,4-27H2,1-3H3. The predicted molar refractivity (Wildman–Crippen MR) is 131 cm³/mol. The lowest BCUT2D eigenvalue weighted by Crippen LogP contribution is -1.97. The van der Waals surface area contributed by atoms with E-state index in [-0.39, 0.29) is 0 Å². The summed E-state index contributed by atoms with van der Waals surface area (Å²) in [6.45, 7) is 7.01. The van der Waals surface area contributed by atoms with Gasteiger partial charge in [-0.25, -0.2) is 0 Å². The van der Waals surface area contributed by atoms with Gasteiger partial charge in [0.05, 0.1) is 0 Å². The van der Waals surface area contributed by atoms with Crippen molar-refractivity contribution >= 4 is 0 Å². The maximum atomic E-state index is 2.37. The van der Waals surface area contributed by atoms with Crippen LogP contribution in [0.5, 0.6) is 0 Å². The van der Waals surface area contributed by atoms with Crippen LogP contribution in [-0.2, 0) is 0 Å². The molecule has 0 spiro atoms. The van der Waals surface area contributed by atoms with E-state index in [4.69, 9.17) is 0 Å². The zero-order valence-corrected chi connectivity index (χ0v) is 20.5. The number of hydrogen-bond acceptors (Lipinski definition) is 0. The molecule has 0 aromatic carbocycles. The summed E-state index contributed by atoms with van der Waals surface area (Å²) in [5.74, 6) is 1.01. The summed E-state index contributed by atoms with van der Waals surface area (Å²) in [6, 6.07) is 0. The second kappa shape index (κ2) is 25.0. The van der Waals surface area contributed by atoms with E-state index >= 15 is 0 Å². The highest BCUT2D eigenvalue weighted by atomic mass is 14.1. The van der Waals surface area contributed by atoms with Gasteiger partial charge in [0.15, 0.2) is 0 Å². The Labute approximate surface area is 181 Å². The topological polar surface area (TPSA) is 0 Å². The Bertz CT molecular complexity index is 257. The van der Waals surface area contributed by atoms with E-state index in [2.05, 4.69) is 20.8 Å². The molecule has 0 aromatic rings. The summed E-state index contributed by atoms with van der Waals surface area (Å²) in [7, 11) is 0. The van der Waals surface area contributed by atoms with Crippen LogP contribution in [0.4, 0.5) is 0 Å². The molecule has 0 heterocycles. The van der Waals surface area contributed by atoms with Gasteiger partial charge in [0, 0.05) is 0 Å². The molecule has 170 valence electrons. The maximum Gasteiger partial charge on any atom is -0.0417 e. The molecular weight excluding hydrogens is 336 g/mol. The Balaban J connectivity index is 3.07. The smallest absolute Gasteiger partial charge is 0.0417 e. The van der Waals surface area contributed by atoms with Crippen LogP contribution < -0.4 is 0 Å². The zero-order chi connectivity index (χ0) is 20.5. The van der Waals surface area contributed by atoms with Crippen molar-refractivity contribution in [3.63, 3.8) is 0 Å². The van der Waals surface area contributed by atoms with Crippen molar-refractivity contribution in [3.05, 3.63) is 0 Å². The molecule has 1 unspecified atom stereocenters. The van der Waals surface area contributed by atoms with Gasteiger partial charge in [-0.3, -0.25) is 0 Å². The van der Waals surface area contributed by atoms with Gasteiger partial charge >= 0.3 is 0 Å². The third-order valence-electron chi connectivity index (χ3n) is 6.74. The minimum atomic E-state index is 1.01. The normalized spacial score (nSPS) is 12.5. The summed E-state index contributed by atoms with van der Waals surface area (Å²) >= 11 is 0. The van der Waals surface area contributed by atoms with E-state index in [1.54, 1.807) is 0 Å². The molecule has 0 aliphatic rings. The van der Waals surface area contributed by atoms with Crippen molar-refractivity contribution in [1.29, 1.82) is 0 Å². The van der Waals surface area contributed by atoms with Crippen LogP contribution in [0.3, 0.4) is 0 Å². The second-order valence-corrected chi connectivity index (χ2v) is 9.57. The molecule has 0 bridgehead atoms. The molecule has 0 amide bonds. The molecule has 0 aliphatic heterocycles. The van der Waals surface area contributed by atoms with Crippen LogP contribution in [0.2, 0.25) is 0 Å². The Morgan fingerprint density at radius 3 is 0.929 bits per heavy atom. The molecule has 0 nitrogen and oxygen atoms in total. The summed E-state index contributed by atoms with van der Waals surface area (Å²) in [5, 5.41) is 0. The molecule has 0 fully saturated rings. The van der Waals surface area contributed by atoms with Gasteiger partial charge in [-0.1, -0.05) is 175 Å². The molecule has 0 radical (unpaired) electrons. The van der Waals surface area contributed by atoms with Crippen LogP contribution in [0.1, 0.15) is 175 Å². The lowest BCUT2D eigenvalue weighted by molar-refractivity contribution is 0.407. The Morgan fingerprint density at radius 1 is 0.321 bits per heavy atom. The summed E-state index contributed by atoms with van der Waals surface area (Å²) in [5.41, 5.74) is 0. The minimum Gasteiger partial charge on any atom is -0.0654 e. The summed E-state index contributed by atoms with van der Waals surface area (Å²) in [4.78, 5) is 0. The van der Waals surface area contributed by atoms with Crippen molar-refractivity contribution in [2.24, 2.45) is 5.92 Å². The molecule has 0 rings (SSSR count). The lowest BCUT2D eigenvalue weighted by atomic mass is 9.94. The molecule has 28 heavy (non-hydrogen) atoms. The molecule has 0 N–H and O–H groups in total. The third kappa shape index (κ3) is 22.3. The van der Waals surface area contributed by atoms with Crippen molar-refractivity contribution < 1.29 is 0 Å². The fraction of sp³-hybridized carbons (Fsp3) is 1.00. The van der Waals surface area contributed by atoms with E-state index < -0.39 is 0 Å². The van der Waals surface area contributed by atoms with Crippen molar-refractivity contribution in [2.75, 3.05) is 0 Å². The number of rotatable bonds is 24. The van der Waals surface area contributed by atoms with Crippen LogP contribution in [0, 0.1) is 5.92 Å². The SMILES string of the molecule is CCCCCCCCCCCCCCCCCCCCCCC(CC)CCC. The molecule has 0 saturated heterocycles. The highest BCUT2D eigenvalue weighted by Gasteiger charge is 2.04. The van der Waals surface area contributed by atoms with Crippen molar-refractivity contribution in [2.45, 2.75) is 175 Å². The van der Waals surface area contributed by atoms with Crippen LogP contribution >= 0.6 is 0 Å². The first-order chi connectivity index (χ1) is 13.8. The molecular formula is C28H58. The van der Waals surface area contributed by atoms with Crippen LogP contribution in [0.25, 0.3) is 0 Å². The molecule has 1 atom stereocenters. The summed E-state index contributed by atoms with van der Waals surface area (Å²) < 4.78 is 0. The number of hydrogen-bond donors (Lipinski definition) is 0. The Hall–Kier alpha value is 0. The lowest BCUT2D eigenvalue weighted by Gasteiger charge is -2.13. The van der Waals surface area contributed by atoms with E-state index in [0.29, 0.717) is 0 Å². The predicted octanol–water partition coefficient (Wildman–Crippen LogP) is 11.0. The molecule has 0 heteroatoms. The summed E-state index contributed by atoms with van der Waals surface area (Å²) in [6.07, 6.45) is 35.3. The van der Waals surface area contributed by atoms with E-state index in [1.807, 2.05) is 0 Å². The van der Waals surface area contributed by atoms with Gasteiger partial charge in [-0.15, -0.1) is 0 Å². The van der Waals surface area contributed by atoms with Gasteiger partial charge in [0.25, 0.3) is 0 Å². The fourth-order valence-electron chi connectivity index (χ4n) is 4.65. The van der Waals surface area contributed by atoms with Crippen molar-refractivity contribution in [3.8, 4) is 0 Å². The molecule has 0 aliphatic carbocycles. The number of unbranched alkanes of at least 4 members (excludes halogenated alkanes) is 19. The first kappa shape index (κ1) is 28.0. The minimum absolute atomic E-state index is 1.01. The zero-order valence-electron chi connectivity index (χ0n) is 20.5. The average molecular weight is 395 g/mol. The first-order valence-corrected chi connectivity index (χ1v) is 13.8. The van der Waals surface area contributed by atoms with E-state index in [1.165, 1.54) is 154 Å². The molecule has 0 aromatic heterocycles. The largest absolute Gasteiger partial charge is 0.0654 e. The van der Waals surface area contributed by atoms with E-state index in [0.717, 1.165) is 5.92 Å². The second-order valence-electron chi connectivity index (χ2n) is 9.57. The quantitative estimate of drug-likeness (QED) is 0.143. The van der Waals surface area contributed by atoms with Gasteiger partial charge in [-0.2, -0.15) is 0 Å². The maximum absolute atomic E-state index is 2.37. The van der Waals surface area contributed by atoms with Gasteiger partial charge in [0.1, 0.15) is 0 Å². The molecule has 0 saturated carbocycles. The third-order valence-corrected chi connectivity index (χ3v) is 6.74. The van der Waals surface area contributed by atoms with Crippen LogP contribution in [-0.4, -0.2) is 0 Å². The van der Waals surface area contributed by atoms with Gasteiger partial charge in [0.2, 0.25) is 0 Å². The monoisotopic (exact) mass is 394 g/mol. The fourth-order valence-corrected chi connectivity index (χ4v) is 4.65. The van der Waals surface area contributed by atoms with Crippen molar-refractivity contribution in [1.82, 2.24) is 0 Å².